The minimum atomic E-state index is -0.384. The van der Waals surface area contributed by atoms with E-state index in [1.165, 1.54) is 24.2 Å². The van der Waals surface area contributed by atoms with E-state index in [4.69, 9.17) is 0 Å². The highest BCUT2D eigenvalue weighted by molar-refractivity contribution is 7.08. The van der Waals surface area contributed by atoms with Gasteiger partial charge in [0.15, 0.2) is 0 Å². The van der Waals surface area contributed by atoms with Crippen LogP contribution in [0.1, 0.15) is 36.0 Å². The largest absolute Gasteiger partial charge is 0.391 e. The molecule has 0 aliphatic heterocycles. The summed E-state index contributed by atoms with van der Waals surface area (Å²) in [7, 11) is 0. The van der Waals surface area contributed by atoms with Gasteiger partial charge in [0.25, 0.3) is 5.91 Å². The summed E-state index contributed by atoms with van der Waals surface area (Å²) in [5.41, 5.74) is 0.684. The predicted octanol–water partition coefficient (Wildman–Crippen LogP) is 2.03. The van der Waals surface area contributed by atoms with Crippen LogP contribution in [0.25, 0.3) is 0 Å². The molecule has 0 spiro atoms. The summed E-state index contributed by atoms with van der Waals surface area (Å²) in [4.78, 5) is 11.6. The fourth-order valence-corrected chi connectivity index (χ4v) is 2.84. The van der Waals surface area contributed by atoms with Crippen LogP contribution >= 0.6 is 11.3 Å². The normalized spacial score (nSPS) is 18.6. The summed E-state index contributed by atoms with van der Waals surface area (Å²) < 4.78 is 0. The van der Waals surface area contributed by atoms with Crippen molar-refractivity contribution < 1.29 is 9.90 Å². The van der Waals surface area contributed by atoms with Gasteiger partial charge < -0.3 is 10.4 Å². The van der Waals surface area contributed by atoms with Crippen LogP contribution in [-0.4, -0.2) is 23.7 Å². The van der Waals surface area contributed by atoms with Crippen molar-refractivity contribution in [2.24, 2.45) is 5.92 Å². The number of carbonyl (C=O) groups excluding carboxylic acids is 1. The minimum absolute atomic E-state index is 0.0849. The zero-order valence-corrected chi connectivity index (χ0v) is 10.0. The third kappa shape index (κ3) is 2.83. The second kappa shape index (κ2) is 5.46. The fourth-order valence-electron chi connectivity index (χ4n) is 2.20. The van der Waals surface area contributed by atoms with Crippen LogP contribution in [0.3, 0.4) is 0 Å². The van der Waals surface area contributed by atoms with Crippen molar-refractivity contribution in [2.45, 2.75) is 31.8 Å². The van der Waals surface area contributed by atoms with Crippen LogP contribution in [-0.2, 0) is 0 Å². The van der Waals surface area contributed by atoms with Crippen LogP contribution in [0.15, 0.2) is 16.8 Å². The molecule has 2 N–H and O–H groups in total. The van der Waals surface area contributed by atoms with Crippen molar-refractivity contribution in [3.8, 4) is 0 Å². The molecule has 88 valence electrons. The Morgan fingerprint density at radius 3 is 2.94 bits per heavy atom. The summed E-state index contributed by atoms with van der Waals surface area (Å²) in [5.74, 6) is 0.293. The topological polar surface area (TPSA) is 49.3 Å². The van der Waals surface area contributed by atoms with E-state index in [1.54, 1.807) is 6.07 Å². The molecule has 1 aromatic rings. The number of thiophene rings is 1. The average Bonchev–Trinajstić information content (AvgIpc) is 2.95. The Bertz CT molecular complexity index is 331. The van der Waals surface area contributed by atoms with Gasteiger partial charge in [-0.1, -0.05) is 12.8 Å². The number of aliphatic hydroxyl groups excluding tert-OH is 1. The SMILES string of the molecule is O=C(NCC(O)C1CCCC1)c1ccsc1. The molecule has 0 bridgehead atoms. The maximum atomic E-state index is 11.6. The number of rotatable bonds is 4. The highest BCUT2D eigenvalue weighted by Gasteiger charge is 2.23. The molecule has 0 aromatic carbocycles. The van der Waals surface area contributed by atoms with Crippen LogP contribution in [0.2, 0.25) is 0 Å². The number of hydrogen-bond acceptors (Lipinski definition) is 3. The van der Waals surface area contributed by atoms with Gasteiger partial charge in [0.2, 0.25) is 0 Å². The van der Waals surface area contributed by atoms with Gasteiger partial charge in [-0.05, 0) is 30.2 Å². The first-order valence-corrected chi connectivity index (χ1v) is 6.70. The molecule has 4 heteroatoms. The number of nitrogens with one attached hydrogen (secondary N) is 1. The highest BCUT2D eigenvalue weighted by atomic mass is 32.1. The summed E-state index contributed by atoms with van der Waals surface area (Å²) in [6.07, 6.45) is 4.22. The highest BCUT2D eigenvalue weighted by Crippen LogP contribution is 2.27. The lowest BCUT2D eigenvalue weighted by Crippen LogP contribution is -2.35. The molecule has 0 radical (unpaired) electrons. The Balaban J connectivity index is 1.76. The summed E-state index contributed by atoms with van der Waals surface area (Å²) >= 11 is 1.50. The van der Waals surface area contributed by atoms with Crippen LogP contribution in [0.5, 0.6) is 0 Å². The zero-order valence-electron chi connectivity index (χ0n) is 9.19. The molecule has 1 amide bonds. The van der Waals surface area contributed by atoms with Gasteiger partial charge in [0.1, 0.15) is 0 Å². The fraction of sp³-hybridized carbons (Fsp3) is 0.583. The third-order valence-electron chi connectivity index (χ3n) is 3.20. The van der Waals surface area contributed by atoms with E-state index >= 15 is 0 Å². The first-order valence-electron chi connectivity index (χ1n) is 5.76. The van der Waals surface area contributed by atoms with E-state index in [-0.39, 0.29) is 12.0 Å². The van der Waals surface area contributed by atoms with E-state index in [0.717, 1.165) is 12.8 Å². The second-order valence-corrected chi connectivity index (χ2v) is 5.11. The van der Waals surface area contributed by atoms with Crippen molar-refractivity contribution in [1.82, 2.24) is 5.32 Å². The van der Waals surface area contributed by atoms with Crippen LogP contribution in [0, 0.1) is 5.92 Å². The molecular weight excluding hydrogens is 222 g/mol. The lowest BCUT2D eigenvalue weighted by atomic mass is 10.0. The molecule has 16 heavy (non-hydrogen) atoms. The molecule has 1 heterocycles. The molecular formula is C12H17NO2S. The molecule has 1 fully saturated rings. The van der Waals surface area contributed by atoms with Crippen LogP contribution in [0.4, 0.5) is 0 Å². The van der Waals surface area contributed by atoms with Crippen molar-refractivity contribution in [3.63, 3.8) is 0 Å². The average molecular weight is 239 g/mol. The van der Waals surface area contributed by atoms with E-state index in [1.807, 2.05) is 10.8 Å². The molecule has 0 saturated heterocycles. The number of hydrogen-bond donors (Lipinski definition) is 2. The third-order valence-corrected chi connectivity index (χ3v) is 3.88. The molecule has 1 saturated carbocycles. The van der Waals surface area contributed by atoms with Gasteiger partial charge in [0.05, 0.1) is 6.10 Å². The first-order chi connectivity index (χ1) is 7.77. The molecule has 1 aliphatic carbocycles. The quantitative estimate of drug-likeness (QED) is 0.844. The number of carbonyl (C=O) groups is 1. The maximum Gasteiger partial charge on any atom is 0.252 e. The van der Waals surface area contributed by atoms with Gasteiger partial charge in [-0.2, -0.15) is 11.3 Å². The van der Waals surface area contributed by atoms with Crippen molar-refractivity contribution >= 4 is 17.2 Å². The van der Waals surface area contributed by atoms with E-state index in [9.17, 15) is 9.90 Å². The molecule has 1 atom stereocenters. The van der Waals surface area contributed by atoms with Gasteiger partial charge in [-0.3, -0.25) is 4.79 Å². The summed E-state index contributed by atoms with van der Waals surface area (Å²) in [6, 6.07) is 1.79. The zero-order chi connectivity index (χ0) is 11.4. The standard InChI is InChI=1S/C12H17NO2S/c14-11(9-3-1-2-4-9)7-13-12(15)10-5-6-16-8-10/h5-6,8-9,11,14H,1-4,7H2,(H,13,15). The second-order valence-electron chi connectivity index (χ2n) is 4.33. The summed E-state index contributed by atoms with van der Waals surface area (Å²) in [6.45, 7) is 0.374. The number of amides is 1. The maximum absolute atomic E-state index is 11.6. The van der Waals surface area contributed by atoms with Crippen LogP contribution < -0.4 is 5.32 Å². The minimum Gasteiger partial charge on any atom is -0.391 e. The Morgan fingerprint density at radius 2 is 2.31 bits per heavy atom. The van der Waals surface area contributed by atoms with Gasteiger partial charge in [0, 0.05) is 17.5 Å². The molecule has 1 unspecified atom stereocenters. The van der Waals surface area contributed by atoms with Crippen molar-refractivity contribution in [3.05, 3.63) is 22.4 Å². The van der Waals surface area contributed by atoms with E-state index in [0.29, 0.717) is 18.0 Å². The number of aliphatic hydroxyl groups is 1. The first kappa shape index (κ1) is 11.6. The Kier molecular flexibility index (Phi) is 3.96. The van der Waals surface area contributed by atoms with E-state index in [2.05, 4.69) is 5.32 Å². The van der Waals surface area contributed by atoms with Gasteiger partial charge in [-0.25, -0.2) is 0 Å². The van der Waals surface area contributed by atoms with E-state index < -0.39 is 0 Å². The Morgan fingerprint density at radius 1 is 1.56 bits per heavy atom. The predicted molar refractivity (Wildman–Crippen MR) is 64.6 cm³/mol. The lowest BCUT2D eigenvalue weighted by molar-refractivity contribution is 0.0841. The van der Waals surface area contributed by atoms with Gasteiger partial charge >= 0.3 is 0 Å². The smallest absolute Gasteiger partial charge is 0.252 e. The molecule has 2 rings (SSSR count). The van der Waals surface area contributed by atoms with Crippen molar-refractivity contribution in [1.29, 1.82) is 0 Å². The lowest BCUT2D eigenvalue weighted by Gasteiger charge is -2.17. The Labute approximate surface area is 99.5 Å². The van der Waals surface area contributed by atoms with Gasteiger partial charge in [-0.15, -0.1) is 0 Å². The summed E-state index contributed by atoms with van der Waals surface area (Å²) in [5, 5.41) is 16.4. The molecule has 3 nitrogen and oxygen atoms in total. The van der Waals surface area contributed by atoms with Crippen molar-refractivity contribution in [2.75, 3.05) is 6.54 Å². The monoisotopic (exact) mass is 239 g/mol. The molecule has 1 aromatic heterocycles. The Hall–Kier alpha value is -0.870. The molecule has 1 aliphatic rings.